The van der Waals surface area contributed by atoms with Gasteiger partial charge in [-0.3, -0.25) is 14.4 Å². The predicted octanol–water partition coefficient (Wildman–Crippen LogP) is 0.955. The molecule has 0 fully saturated rings. The molecule has 0 saturated heterocycles. The molecule has 0 unspecified atom stereocenters. The van der Waals surface area contributed by atoms with E-state index in [1.54, 1.807) is 12.1 Å². The van der Waals surface area contributed by atoms with Gasteiger partial charge in [0.05, 0.1) is 7.11 Å². The summed E-state index contributed by atoms with van der Waals surface area (Å²) in [6, 6.07) is 14.7. The third kappa shape index (κ3) is 6.12. The van der Waals surface area contributed by atoms with Crippen LogP contribution in [0.15, 0.2) is 54.6 Å². The fourth-order valence-corrected chi connectivity index (χ4v) is 2.89. The van der Waals surface area contributed by atoms with Gasteiger partial charge in [0.1, 0.15) is 17.8 Å². The van der Waals surface area contributed by atoms with E-state index >= 15 is 0 Å². The van der Waals surface area contributed by atoms with E-state index in [9.17, 15) is 14.4 Å². The van der Waals surface area contributed by atoms with Crippen LogP contribution in [0.2, 0.25) is 0 Å². The summed E-state index contributed by atoms with van der Waals surface area (Å²) >= 11 is 0. The van der Waals surface area contributed by atoms with Gasteiger partial charge in [0.2, 0.25) is 17.7 Å². The zero-order chi connectivity index (χ0) is 20.5. The average molecular weight is 383 g/mol. The average Bonchev–Trinajstić information content (AvgIpc) is 2.67. The van der Waals surface area contributed by atoms with Gasteiger partial charge in [-0.1, -0.05) is 48.5 Å². The molecule has 0 aliphatic rings. The van der Waals surface area contributed by atoms with E-state index in [-0.39, 0.29) is 12.3 Å². The molecule has 7 nitrogen and oxygen atoms in total. The molecular weight excluding hydrogens is 358 g/mol. The van der Waals surface area contributed by atoms with Crippen LogP contribution in [0, 0.1) is 0 Å². The lowest BCUT2D eigenvalue weighted by molar-refractivity contribution is -0.130. The maximum Gasteiger partial charge on any atom is 0.243 e. The quantitative estimate of drug-likeness (QED) is 0.599. The zero-order valence-electron chi connectivity index (χ0n) is 16.0. The number of hydrogen-bond acceptors (Lipinski definition) is 4. The SMILES string of the molecule is COc1ccccc1C[C@H](NC(=O)[C@@H](Cc1ccccc1)NC(C)=O)C(N)=O. The van der Waals surface area contributed by atoms with E-state index < -0.39 is 23.9 Å². The Morgan fingerprint density at radius 3 is 2.18 bits per heavy atom. The van der Waals surface area contributed by atoms with Crippen molar-refractivity contribution in [2.24, 2.45) is 5.73 Å². The van der Waals surface area contributed by atoms with Gasteiger partial charge in [-0.05, 0) is 17.2 Å². The summed E-state index contributed by atoms with van der Waals surface area (Å²) in [5, 5.41) is 5.29. The summed E-state index contributed by atoms with van der Waals surface area (Å²) in [7, 11) is 1.53. The second-order valence-corrected chi connectivity index (χ2v) is 6.42. The lowest BCUT2D eigenvalue weighted by Gasteiger charge is -2.22. The van der Waals surface area contributed by atoms with Crippen LogP contribution in [0.5, 0.6) is 5.75 Å². The number of carbonyl (C=O) groups is 3. The highest BCUT2D eigenvalue weighted by Gasteiger charge is 2.26. The summed E-state index contributed by atoms with van der Waals surface area (Å²) < 4.78 is 5.29. The Balaban J connectivity index is 2.15. The van der Waals surface area contributed by atoms with Gasteiger partial charge in [-0.2, -0.15) is 0 Å². The number of carbonyl (C=O) groups excluding carboxylic acids is 3. The van der Waals surface area contributed by atoms with Crippen molar-refractivity contribution < 1.29 is 19.1 Å². The van der Waals surface area contributed by atoms with Crippen LogP contribution in [-0.4, -0.2) is 36.9 Å². The van der Waals surface area contributed by atoms with Gasteiger partial charge < -0.3 is 21.1 Å². The number of rotatable bonds is 9. The first kappa shape index (κ1) is 21.0. The molecule has 0 bridgehead atoms. The number of para-hydroxylation sites is 1. The number of ether oxygens (including phenoxy) is 1. The lowest BCUT2D eigenvalue weighted by atomic mass is 10.0. The maximum atomic E-state index is 12.8. The van der Waals surface area contributed by atoms with Crippen molar-refractivity contribution in [1.29, 1.82) is 0 Å². The van der Waals surface area contributed by atoms with Crippen LogP contribution in [0.1, 0.15) is 18.1 Å². The molecular formula is C21H25N3O4. The Morgan fingerprint density at radius 1 is 0.929 bits per heavy atom. The standard InChI is InChI=1S/C21H25N3O4/c1-14(25)23-18(12-15-8-4-3-5-9-15)21(27)24-17(20(22)26)13-16-10-6-7-11-19(16)28-2/h3-11,17-18H,12-13H2,1-2H3,(H2,22,26)(H,23,25)(H,24,27)/t17-,18+/m0/s1. The number of nitrogens with two attached hydrogens (primary N) is 1. The molecule has 0 radical (unpaired) electrons. The van der Waals surface area contributed by atoms with Crippen LogP contribution in [0.3, 0.4) is 0 Å². The summed E-state index contributed by atoms with van der Waals surface area (Å²) in [6.45, 7) is 1.34. The van der Waals surface area contributed by atoms with Crippen LogP contribution in [-0.2, 0) is 27.2 Å². The van der Waals surface area contributed by atoms with E-state index in [0.29, 0.717) is 12.2 Å². The maximum absolute atomic E-state index is 12.8. The topological polar surface area (TPSA) is 111 Å². The van der Waals surface area contributed by atoms with Crippen LogP contribution < -0.4 is 21.1 Å². The third-order valence-corrected chi connectivity index (χ3v) is 4.25. The highest BCUT2D eigenvalue weighted by molar-refractivity contribution is 5.91. The van der Waals surface area contributed by atoms with Crippen molar-refractivity contribution in [3.63, 3.8) is 0 Å². The zero-order valence-corrected chi connectivity index (χ0v) is 16.0. The molecule has 148 valence electrons. The van der Waals surface area contributed by atoms with Crippen molar-refractivity contribution in [3.8, 4) is 5.75 Å². The minimum atomic E-state index is -0.934. The minimum Gasteiger partial charge on any atom is -0.496 e. The van der Waals surface area contributed by atoms with Crippen LogP contribution in [0.25, 0.3) is 0 Å². The van der Waals surface area contributed by atoms with Crippen LogP contribution in [0.4, 0.5) is 0 Å². The second-order valence-electron chi connectivity index (χ2n) is 6.42. The number of primary amides is 1. The van der Waals surface area contributed by atoms with E-state index in [4.69, 9.17) is 10.5 Å². The van der Waals surface area contributed by atoms with Crippen LogP contribution >= 0.6 is 0 Å². The molecule has 7 heteroatoms. The summed E-state index contributed by atoms with van der Waals surface area (Å²) in [5.41, 5.74) is 7.13. The molecule has 2 aromatic rings. The first-order valence-electron chi connectivity index (χ1n) is 8.93. The molecule has 0 spiro atoms. The molecule has 0 aliphatic heterocycles. The normalized spacial score (nSPS) is 12.5. The monoisotopic (exact) mass is 383 g/mol. The Morgan fingerprint density at radius 2 is 1.57 bits per heavy atom. The van der Waals surface area contributed by atoms with Crippen molar-refractivity contribution >= 4 is 17.7 Å². The number of hydrogen-bond donors (Lipinski definition) is 3. The lowest BCUT2D eigenvalue weighted by Crippen LogP contribution is -2.54. The first-order valence-corrected chi connectivity index (χ1v) is 8.93. The highest BCUT2D eigenvalue weighted by atomic mass is 16.5. The molecule has 0 heterocycles. The highest BCUT2D eigenvalue weighted by Crippen LogP contribution is 2.19. The molecule has 0 aromatic heterocycles. The van der Waals surface area contributed by atoms with Crippen molar-refractivity contribution in [3.05, 3.63) is 65.7 Å². The second kappa shape index (κ2) is 10.1. The molecule has 28 heavy (non-hydrogen) atoms. The Kier molecular flexibility index (Phi) is 7.56. The number of amides is 3. The van der Waals surface area contributed by atoms with Gasteiger partial charge in [0, 0.05) is 19.8 Å². The van der Waals surface area contributed by atoms with Gasteiger partial charge in [-0.25, -0.2) is 0 Å². The summed E-state index contributed by atoms with van der Waals surface area (Å²) in [6.07, 6.45) is 0.482. The molecule has 4 N–H and O–H groups in total. The van der Waals surface area contributed by atoms with Crippen molar-refractivity contribution in [1.82, 2.24) is 10.6 Å². The number of benzene rings is 2. The summed E-state index contributed by atoms with van der Waals surface area (Å²) in [4.78, 5) is 36.2. The van der Waals surface area contributed by atoms with E-state index in [1.807, 2.05) is 42.5 Å². The summed E-state index contributed by atoms with van der Waals surface area (Å²) in [5.74, 6) is -0.875. The van der Waals surface area contributed by atoms with E-state index in [1.165, 1.54) is 14.0 Å². The Labute approximate surface area is 164 Å². The van der Waals surface area contributed by atoms with Gasteiger partial charge in [-0.15, -0.1) is 0 Å². The Hall–Kier alpha value is -3.35. The Bertz CT molecular complexity index is 823. The predicted molar refractivity (Wildman–Crippen MR) is 106 cm³/mol. The molecule has 0 saturated carbocycles. The molecule has 3 amide bonds. The molecule has 0 aliphatic carbocycles. The van der Waals surface area contributed by atoms with Gasteiger partial charge >= 0.3 is 0 Å². The molecule has 2 atom stereocenters. The molecule has 2 rings (SSSR count). The van der Waals surface area contributed by atoms with Gasteiger partial charge in [0.15, 0.2) is 0 Å². The fraction of sp³-hybridized carbons (Fsp3) is 0.286. The number of methoxy groups -OCH3 is 1. The van der Waals surface area contributed by atoms with E-state index in [0.717, 1.165) is 11.1 Å². The molecule has 2 aromatic carbocycles. The largest absolute Gasteiger partial charge is 0.496 e. The number of nitrogens with one attached hydrogen (secondary N) is 2. The van der Waals surface area contributed by atoms with Crippen molar-refractivity contribution in [2.75, 3.05) is 7.11 Å². The van der Waals surface area contributed by atoms with Crippen molar-refractivity contribution in [2.45, 2.75) is 31.8 Å². The third-order valence-electron chi connectivity index (χ3n) is 4.25. The van der Waals surface area contributed by atoms with E-state index in [2.05, 4.69) is 10.6 Å². The van der Waals surface area contributed by atoms with Gasteiger partial charge in [0.25, 0.3) is 0 Å². The smallest absolute Gasteiger partial charge is 0.243 e. The minimum absolute atomic E-state index is 0.184. The first-order chi connectivity index (χ1) is 13.4. The fourth-order valence-electron chi connectivity index (χ4n) is 2.89.